The van der Waals surface area contributed by atoms with Gasteiger partial charge in [-0.15, -0.1) is 0 Å². The first-order valence-electron chi connectivity index (χ1n) is 6.82. The van der Waals surface area contributed by atoms with Gasteiger partial charge in [-0.05, 0) is 30.4 Å². The fourth-order valence-corrected chi connectivity index (χ4v) is 3.41. The van der Waals surface area contributed by atoms with Crippen molar-refractivity contribution in [1.82, 2.24) is 4.72 Å². The Bertz CT molecular complexity index is 581. The third-order valence-electron chi connectivity index (χ3n) is 3.38. The molecule has 1 aliphatic rings. The minimum absolute atomic E-state index is 0.0348. The van der Waals surface area contributed by atoms with Crippen molar-refractivity contribution in [3.63, 3.8) is 0 Å². The van der Waals surface area contributed by atoms with Crippen molar-refractivity contribution in [2.75, 3.05) is 6.54 Å². The molecule has 0 bridgehead atoms. The standard InChI is InChI=1S/C14H20N2O2S2/c15-14(19)13-5-1-3-12(9-13)10-20(17,18)16-8-2-4-11-6-7-11/h1,3,5,9,11,16H,2,4,6-8,10H2,(H2,15,19). The third-order valence-corrected chi connectivity index (χ3v) is 4.97. The molecule has 0 radical (unpaired) electrons. The van der Waals surface area contributed by atoms with Crippen LogP contribution in [0.15, 0.2) is 24.3 Å². The molecular formula is C14H20N2O2S2. The van der Waals surface area contributed by atoms with E-state index in [1.54, 1.807) is 24.3 Å². The van der Waals surface area contributed by atoms with Gasteiger partial charge in [-0.25, -0.2) is 13.1 Å². The Labute approximate surface area is 125 Å². The zero-order valence-electron chi connectivity index (χ0n) is 11.3. The zero-order valence-corrected chi connectivity index (χ0v) is 13.0. The minimum Gasteiger partial charge on any atom is -0.389 e. The van der Waals surface area contributed by atoms with Crippen molar-refractivity contribution in [2.45, 2.75) is 31.4 Å². The lowest BCUT2D eigenvalue weighted by atomic mass is 10.1. The Morgan fingerprint density at radius 3 is 2.80 bits per heavy atom. The molecule has 2 rings (SSSR count). The lowest BCUT2D eigenvalue weighted by molar-refractivity contribution is 0.572. The van der Waals surface area contributed by atoms with E-state index in [4.69, 9.17) is 18.0 Å². The minimum atomic E-state index is -3.29. The van der Waals surface area contributed by atoms with Crippen LogP contribution in [0.3, 0.4) is 0 Å². The van der Waals surface area contributed by atoms with Crippen LogP contribution in [0.5, 0.6) is 0 Å². The summed E-state index contributed by atoms with van der Waals surface area (Å²) < 4.78 is 26.6. The van der Waals surface area contributed by atoms with E-state index in [0.29, 0.717) is 17.7 Å². The Morgan fingerprint density at radius 1 is 1.40 bits per heavy atom. The second kappa shape index (κ2) is 6.65. The number of benzene rings is 1. The maximum Gasteiger partial charge on any atom is 0.215 e. The van der Waals surface area contributed by atoms with Crippen LogP contribution in [-0.2, 0) is 15.8 Å². The molecule has 1 saturated carbocycles. The summed E-state index contributed by atoms with van der Waals surface area (Å²) in [6.45, 7) is 0.522. The fourth-order valence-electron chi connectivity index (χ4n) is 2.11. The summed E-state index contributed by atoms with van der Waals surface area (Å²) in [5.74, 6) is 0.800. The molecule has 0 atom stereocenters. The Hall–Kier alpha value is -0.980. The predicted octanol–water partition coefficient (Wildman–Crippen LogP) is 1.93. The van der Waals surface area contributed by atoms with Crippen molar-refractivity contribution < 1.29 is 8.42 Å². The second-order valence-electron chi connectivity index (χ2n) is 5.30. The van der Waals surface area contributed by atoms with Gasteiger partial charge in [0.05, 0.1) is 5.75 Å². The summed E-state index contributed by atoms with van der Waals surface area (Å²) in [7, 11) is -3.29. The highest BCUT2D eigenvalue weighted by molar-refractivity contribution is 7.88. The molecule has 1 aliphatic carbocycles. The van der Waals surface area contributed by atoms with E-state index in [0.717, 1.165) is 18.8 Å². The van der Waals surface area contributed by atoms with Gasteiger partial charge in [-0.2, -0.15) is 0 Å². The summed E-state index contributed by atoms with van der Waals surface area (Å²) in [4.78, 5) is 0.279. The van der Waals surface area contributed by atoms with Gasteiger partial charge in [0.25, 0.3) is 0 Å². The van der Waals surface area contributed by atoms with E-state index in [1.807, 2.05) is 0 Å². The first-order valence-corrected chi connectivity index (χ1v) is 8.88. The first-order chi connectivity index (χ1) is 9.46. The van der Waals surface area contributed by atoms with Crippen molar-refractivity contribution in [1.29, 1.82) is 0 Å². The number of sulfonamides is 1. The molecule has 0 unspecified atom stereocenters. The van der Waals surface area contributed by atoms with Gasteiger partial charge in [0.1, 0.15) is 4.99 Å². The highest BCUT2D eigenvalue weighted by Crippen LogP contribution is 2.33. The summed E-state index contributed by atoms with van der Waals surface area (Å²) in [6.07, 6.45) is 4.65. The highest BCUT2D eigenvalue weighted by Gasteiger charge is 2.20. The molecule has 0 amide bonds. The zero-order chi connectivity index (χ0) is 14.6. The molecule has 1 fully saturated rings. The molecule has 20 heavy (non-hydrogen) atoms. The van der Waals surface area contributed by atoms with Gasteiger partial charge >= 0.3 is 0 Å². The monoisotopic (exact) mass is 312 g/mol. The maximum absolute atomic E-state index is 12.0. The lowest BCUT2D eigenvalue weighted by Gasteiger charge is -2.08. The number of thiocarbonyl (C=S) groups is 1. The fraction of sp³-hybridized carbons (Fsp3) is 0.500. The first kappa shape index (κ1) is 15.4. The maximum atomic E-state index is 12.0. The van der Waals surface area contributed by atoms with E-state index < -0.39 is 10.0 Å². The molecule has 0 heterocycles. The largest absolute Gasteiger partial charge is 0.389 e. The van der Waals surface area contributed by atoms with Crippen LogP contribution >= 0.6 is 12.2 Å². The van der Waals surface area contributed by atoms with E-state index in [9.17, 15) is 8.42 Å². The summed E-state index contributed by atoms with van der Waals surface area (Å²) >= 11 is 4.89. The smallest absolute Gasteiger partial charge is 0.215 e. The topological polar surface area (TPSA) is 72.2 Å². The molecule has 0 aromatic heterocycles. The molecular weight excluding hydrogens is 292 g/mol. The van der Waals surface area contributed by atoms with E-state index in [2.05, 4.69) is 4.72 Å². The number of nitrogens with two attached hydrogens (primary N) is 1. The van der Waals surface area contributed by atoms with Gasteiger partial charge in [-0.3, -0.25) is 0 Å². The molecule has 0 aliphatic heterocycles. The summed E-state index contributed by atoms with van der Waals surface area (Å²) in [5, 5.41) is 0. The van der Waals surface area contributed by atoms with Gasteiger partial charge in [-0.1, -0.05) is 43.3 Å². The van der Waals surface area contributed by atoms with Crippen LogP contribution in [0.25, 0.3) is 0 Å². The Balaban J connectivity index is 1.86. The van der Waals surface area contributed by atoms with Crippen LogP contribution < -0.4 is 10.5 Å². The van der Waals surface area contributed by atoms with Crippen molar-refractivity contribution in [3.05, 3.63) is 35.4 Å². The van der Waals surface area contributed by atoms with Crippen LogP contribution in [-0.4, -0.2) is 20.0 Å². The van der Waals surface area contributed by atoms with E-state index >= 15 is 0 Å². The van der Waals surface area contributed by atoms with Crippen molar-refractivity contribution >= 4 is 27.2 Å². The van der Waals surface area contributed by atoms with Gasteiger partial charge in [0.15, 0.2) is 0 Å². The lowest BCUT2D eigenvalue weighted by Crippen LogP contribution is -2.26. The number of hydrogen-bond donors (Lipinski definition) is 2. The molecule has 0 spiro atoms. The van der Waals surface area contributed by atoms with Gasteiger partial charge in [0.2, 0.25) is 10.0 Å². The predicted molar refractivity (Wildman–Crippen MR) is 84.9 cm³/mol. The molecule has 1 aromatic rings. The van der Waals surface area contributed by atoms with Gasteiger partial charge < -0.3 is 5.73 Å². The van der Waals surface area contributed by atoms with Crippen LogP contribution in [0, 0.1) is 5.92 Å². The SMILES string of the molecule is NC(=S)c1cccc(CS(=O)(=O)NCCCC2CC2)c1. The molecule has 1 aromatic carbocycles. The average molecular weight is 312 g/mol. The average Bonchev–Trinajstić information content (AvgIpc) is 3.18. The molecule has 3 N–H and O–H groups in total. The number of rotatable bonds is 8. The van der Waals surface area contributed by atoms with Crippen molar-refractivity contribution in [3.8, 4) is 0 Å². The molecule has 6 heteroatoms. The Kier molecular flexibility index (Phi) is 5.12. The number of nitrogens with one attached hydrogen (secondary N) is 1. The normalized spacial score (nSPS) is 15.2. The molecule has 110 valence electrons. The second-order valence-corrected chi connectivity index (χ2v) is 7.55. The van der Waals surface area contributed by atoms with Gasteiger partial charge in [0, 0.05) is 12.1 Å². The van der Waals surface area contributed by atoms with Crippen LogP contribution in [0.4, 0.5) is 0 Å². The van der Waals surface area contributed by atoms with E-state index in [-0.39, 0.29) is 10.7 Å². The van der Waals surface area contributed by atoms with Crippen LogP contribution in [0.1, 0.15) is 36.8 Å². The molecule has 4 nitrogen and oxygen atoms in total. The Morgan fingerprint density at radius 2 is 2.15 bits per heavy atom. The van der Waals surface area contributed by atoms with Crippen molar-refractivity contribution in [2.24, 2.45) is 11.7 Å². The summed E-state index contributed by atoms with van der Waals surface area (Å²) in [5.41, 5.74) is 6.94. The number of hydrogen-bond acceptors (Lipinski definition) is 3. The highest BCUT2D eigenvalue weighted by atomic mass is 32.2. The van der Waals surface area contributed by atoms with Crippen LogP contribution in [0.2, 0.25) is 0 Å². The molecule has 0 saturated heterocycles. The third kappa shape index (κ3) is 5.19. The quantitative estimate of drug-likeness (QED) is 0.568. The van der Waals surface area contributed by atoms with E-state index in [1.165, 1.54) is 12.8 Å². The summed E-state index contributed by atoms with van der Waals surface area (Å²) in [6, 6.07) is 7.05.